The zero-order valence-electron chi connectivity index (χ0n) is 13.3. The van der Waals surface area contributed by atoms with E-state index in [0.29, 0.717) is 27.1 Å². The van der Waals surface area contributed by atoms with Gasteiger partial charge in [-0.3, -0.25) is 0 Å². The lowest BCUT2D eigenvalue weighted by Crippen LogP contribution is -2.07. The molecule has 0 aliphatic carbocycles. The van der Waals surface area contributed by atoms with Crippen LogP contribution in [-0.2, 0) is 0 Å². The third kappa shape index (κ3) is 3.12. The van der Waals surface area contributed by atoms with E-state index in [4.69, 9.17) is 25.2 Å². The summed E-state index contributed by atoms with van der Waals surface area (Å²) in [5.74, 6) is -0.291. The average Bonchev–Trinajstić information content (AvgIpc) is 3.17. The summed E-state index contributed by atoms with van der Waals surface area (Å²) in [6.45, 7) is 0. The molecule has 0 amide bonds. The van der Waals surface area contributed by atoms with E-state index < -0.39 is 11.6 Å². The largest absolute Gasteiger partial charge is 0.457 e. The maximum Gasteiger partial charge on any atom is 0.379 e. The molecule has 0 atom stereocenters. The first-order valence-electron chi connectivity index (χ1n) is 7.70. The predicted molar refractivity (Wildman–Crippen MR) is 96.6 cm³/mol. The van der Waals surface area contributed by atoms with E-state index in [1.165, 1.54) is 18.4 Å². The van der Waals surface area contributed by atoms with Gasteiger partial charge in [0.1, 0.15) is 11.3 Å². The fourth-order valence-corrected chi connectivity index (χ4v) is 2.66. The number of fused-ring (bicyclic) bond motifs is 1. The second-order valence-electron chi connectivity index (χ2n) is 5.52. The lowest BCUT2D eigenvalue weighted by Gasteiger charge is -2.05. The molecule has 6 heteroatoms. The van der Waals surface area contributed by atoms with Crippen molar-refractivity contribution in [3.63, 3.8) is 0 Å². The van der Waals surface area contributed by atoms with Crippen LogP contribution in [0.1, 0.15) is 10.6 Å². The monoisotopic (exact) mass is 366 g/mol. The van der Waals surface area contributed by atoms with E-state index in [1.807, 2.05) is 0 Å². The standard InChI is InChI=1S/C20H11ClO5/c21-14-6-3-12(4-7-14)16-10-13-5-8-15(11-18(13)26-19(16)22)25-20(23)17-2-1-9-24-17/h1-11H. The van der Waals surface area contributed by atoms with Crippen molar-refractivity contribution in [3.05, 3.63) is 88.1 Å². The molecule has 0 bridgehead atoms. The fraction of sp³-hybridized carbons (Fsp3) is 0. The Morgan fingerprint density at radius 1 is 1.00 bits per heavy atom. The van der Waals surface area contributed by atoms with Crippen LogP contribution in [0.5, 0.6) is 5.75 Å². The second-order valence-corrected chi connectivity index (χ2v) is 5.96. The fourth-order valence-electron chi connectivity index (χ4n) is 2.54. The number of carbonyl (C=O) groups is 1. The van der Waals surface area contributed by atoms with E-state index in [1.54, 1.807) is 48.5 Å². The van der Waals surface area contributed by atoms with Gasteiger partial charge in [0.2, 0.25) is 5.76 Å². The number of hydrogen-bond donors (Lipinski definition) is 0. The van der Waals surface area contributed by atoms with Crippen molar-refractivity contribution >= 4 is 28.5 Å². The Hall–Kier alpha value is -3.31. The SMILES string of the molecule is O=C(Oc1ccc2cc(-c3ccc(Cl)cc3)c(=O)oc2c1)c1ccco1. The number of benzene rings is 2. The molecule has 26 heavy (non-hydrogen) atoms. The van der Waals surface area contributed by atoms with Gasteiger partial charge < -0.3 is 13.6 Å². The van der Waals surface area contributed by atoms with Gasteiger partial charge in [0.15, 0.2) is 0 Å². The van der Waals surface area contributed by atoms with Crippen LogP contribution >= 0.6 is 11.6 Å². The highest BCUT2D eigenvalue weighted by Crippen LogP contribution is 2.25. The first-order chi connectivity index (χ1) is 12.6. The van der Waals surface area contributed by atoms with Crippen molar-refractivity contribution in [1.29, 1.82) is 0 Å². The molecule has 5 nitrogen and oxygen atoms in total. The Bertz CT molecular complexity index is 1140. The van der Waals surface area contributed by atoms with Gasteiger partial charge in [0, 0.05) is 16.5 Å². The summed E-state index contributed by atoms with van der Waals surface area (Å²) >= 11 is 5.88. The van der Waals surface area contributed by atoms with Gasteiger partial charge in [-0.15, -0.1) is 0 Å². The van der Waals surface area contributed by atoms with Crippen LogP contribution in [0.25, 0.3) is 22.1 Å². The molecule has 0 fully saturated rings. The van der Waals surface area contributed by atoms with Crippen molar-refractivity contribution in [2.75, 3.05) is 0 Å². The zero-order valence-corrected chi connectivity index (χ0v) is 14.0. The summed E-state index contributed by atoms with van der Waals surface area (Å²) in [5.41, 5.74) is 0.958. The molecular weight excluding hydrogens is 356 g/mol. The molecule has 0 spiro atoms. The number of esters is 1. The molecule has 0 saturated heterocycles. The molecule has 0 aliphatic rings. The zero-order chi connectivity index (χ0) is 18.1. The van der Waals surface area contributed by atoms with Gasteiger partial charge in [0.05, 0.1) is 11.8 Å². The molecule has 0 unspecified atom stereocenters. The average molecular weight is 367 g/mol. The minimum Gasteiger partial charge on any atom is -0.457 e. The highest BCUT2D eigenvalue weighted by atomic mass is 35.5. The summed E-state index contributed by atoms with van der Waals surface area (Å²) in [5, 5.41) is 1.29. The Balaban J connectivity index is 1.69. The minimum absolute atomic E-state index is 0.0876. The molecule has 4 rings (SSSR count). The molecule has 0 N–H and O–H groups in total. The third-order valence-electron chi connectivity index (χ3n) is 3.80. The summed E-state index contributed by atoms with van der Waals surface area (Å²) in [6.07, 6.45) is 1.38. The Labute approximate surface area is 152 Å². The smallest absolute Gasteiger partial charge is 0.379 e. The highest BCUT2D eigenvalue weighted by molar-refractivity contribution is 6.30. The number of carbonyl (C=O) groups excluding carboxylic acids is 1. The predicted octanol–water partition coefficient (Wildman–Crippen LogP) is 4.93. The molecule has 2 aromatic heterocycles. The number of hydrogen-bond acceptors (Lipinski definition) is 5. The summed E-state index contributed by atoms with van der Waals surface area (Å²) in [4.78, 5) is 24.2. The molecule has 0 saturated carbocycles. The molecule has 2 aromatic carbocycles. The van der Waals surface area contributed by atoms with Crippen LogP contribution in [0.4, 0.5) is 0 Å². The van der Waals surface area contributed by atoms with Crippen LogP contribution in [-0.4, -0.2) is 5.97 Å². The lowest BCUT2D eigenvalue weighted by molar-refractivity contribution is 0.0701. The van der Waals surface area contributed by atoms with Crippen molar-refractivity contribution in [2.45, 2.75) is 0 Å². The summed E-state index contributed by atoms with van der Waals surface area (Å²) in [6, 6.07) is 16.6. The number of halogens is 1. The van der Waals surface area contributed by atoms with E-state index in [0.717, 1.165) is 0 Å². The van der Waals surface area contributed by atoms with Crippen LogP contribution < -0.4 is 10.4 Å². The Morgan fingerprint density at radius 2 is 1.81 bits per heavy atom. The van der Waals surface area contributed by atoms with Crippen LogP contribution in [0.2, 0.25) is 5.02 Å². The Morgan fingerprint density at radius 3 is 2.54 bits per heavy atom. The van der Waals surface area contributed by atoms with Crippen molar-refractivity contribution in [3.8, 4) is 16.9 Å². The molecular formula is C20H11ClO5. The van der Waals surface area contributed by atoms with Gasteiger partial charge in [-0.25, -0.2) is 9.59 Å². The molecule has 0 aliphatic heterocycles. The summed E-state index contributed by atoms with van der Waals surface area (Å²) < 4.78 is 15.6. The van der Waals surface area contributed by atoms with Gasteiger partial charge in [-0.2, -0.15) is 0 Å². The van der Waals surface area contributed by atoms with Crippen LogP contribution in [0.3, 0.4) is 0 Å². The van der Waals surface area contributed by atoms with E-state index in [-0.39, 0.29) is 11.5 Å². The molecule has 2 heterocycles. The quantitative estimate of drug-likeness (QED) is 0.292. The van der Waals surface area contributed by atoms with Crippen LogP contribution in [0.15, 0.2) is 80.6 Å². The van der Waals surface area contributed by atoms with Gasteiger partial charge in [-0.1, -0.05) is 23.7 Å². The van der Waals surface area contributed by atoms with Gasteiger partial charge in [-0.05, 0) is 48.0 Å². The maximum absolute atomic E-state index is 12.3. The van der Waals surface area contributed by atoms with Crippen molar-refractivity contribution in [1.82, 2.24) is 0 Å². The lowest BCUT2D eigenvalue weighted by atomic mass is 10.1. The minimum atomic E-state index is -0.630. The normalized spacial score (nSPS) is 10.8. The number of ether oxygens (including phenoxy) is 1. The molecule has 4 aromatic rings. The van der Waals surface area contributed by atoms with E-state index >= 15 is 0 Å². The first-order valence-corrected chi connectivity index (χ1v) is 8.07. The van der Waals surface area contributed by atoms with Crippen LogP contribution in [0, 0.1) is 0 Å². The van der Waals surface area contributed by atoms with E-state index in [2.05, 4.69) is 0 Å². The number of furan rings is 1. The molecule has 0 radical (unpaired) electrons. The topological polar surface area (TPSA) is 69.7 Å². The highest BCUT2D eigenvalue weighted by Gasteiger charge is 2.13. The van der Waals surface area contributed by atoms with Gasteiger partial charge >= 0.3 is 11.6 Å². The maximum atomic E-state index is 12.3. The number of rotatable bonds is 3. The van der Waals surface area contributed by atoms with Gasteiger partial charge in [0.25, 0.3) is 0 Å². The van der Waals surface area contributed by atoms with Crippen molar-refractivity contribution in [2.24, 2.45) is 0 Å². The Kier molecular flexibility index (Phi) is 4.07. The summed E-state index contributed by atoms with van der Waals surface area (Å²) in [7, 11) is 0. The molecule has 128 valence electrons. The first kappa shape index (κ1) is 16.2. The second kappa shape index (κ2) is 6.54. The van der Waals surface area contributed by atoms with Crippen molar-refractivity contribution < 1.29 is 18.4 Å². The van der Waals surface area contributed by atoms with E-state index in [9.17, 15) is 9.59 Å². The third-order valence-corrected chi connectivity index (χ3v) is 4.05.